The third kappa shape index (κ3) is 12.7. The average Bonchev–Trinajstić information content (AvgIpc) is 2.74. The lowest BCUT2D eigenvalue weighted by Gasteiger charge is -2.34. The zero-order valence-electron chi connectivity index (χ0n) is 17.6. The molecule has 1 fully saturated rings. The number of benzene rings is 1. The molecule has 3 N–H and O–H groups in total. The van der Waals surface area contributed by atoms with Crippen molar-refractivity contribution in [2.75, 3.05) is 24.6 Å². The Bertz CT molecular complexity index is 766. The lowest BCUT2D eigenvalue weighted by molar-refractivity contribution is -0.192. The first-order chi connectivity index (χ1) is 15.5. The van der Waals surface area contributed by atoms with E-state index < -0.39 is 18.1 Å². The van der Waals surface area contributed by atoms with Crippen LogP contribution in [0, 0.1) is 5.82 Å². The largest absolute Gasteiger partial charge is 0.490 e. The molecule has 1 aromatic rings. The molecule has 7 nitrogen and oxygen atoms in total. The smallest absolute Gasteiger partial charge is 0.481 e. The van der Waals surface area contributed by atoms with Crippen molar-refractivity contribution in [3.63, 3.8) is 0 Å². The molecule has 1 heterocycles. The standard InChI is InChI=1S/C18H25FN2O3S2.C2HF3O2/c19-15-6-4-14(5-7-15)13-21-10-2-1-3-16(21)18(24)20-9-12-26-25-11-8-17(22)23;3-2(4,5)1(6)7/h4-7,16H,1-3,8-13H2,(H,20,24)(H,22,23);(H,6,7). The average molecular weight is 515 g/mol. The molecule has 1 aromatic carbocycles. The van der Waals surface area contributed by atoms with Crippen LogP contribution in [0.15, 0.2) is 24.3 Å². The van der Waals surface area contributed by atoms with Gasteiger partial charge in [0.1, 0.15) is 5.82 Å². The van der Waals surface area contributed by atoms with E-state index in [-0.39, 0.29) is 24.2 Å². The van der Waals surface area contributed by atoms with E-state index in [1.807, 2.05) is 0 Å². The number of piperidine rings is 1. The van der Waals surface area contributed by atoms with Gasteiger partial charge in [-0.3, -0.25) is 14.5 Å². The lowest BCUT2D eigenvalue weighted by Crippen LogP contribution is -2.49. The maximum Gasteiger partial charge on any atom is 0.490 e. The normalized spacial score (nSPS) is 16.4. The molecule has 0 aliphatic carbocycles. The number of rotatable bonds is 10. The highest BCUT2D eigenvalue weighted by atomic mass is 33.1. The Balaban J connectivity index is 0.000000675. The molecule has 1 atom stereocenters. The van der Waals surface area contributed by atoms with Gasteiger partial charge in [-0.1, -0.05) is 40.1 Å². The van der Waals surface area contributed by atoms with Crippen LogP contribution in [-0.4, -0.2) is 69.8 Å². The molecule has 0 bridgehead atoms. The second-order valence-corrected chi connectivity index (χ2v) is 9.69. The summed E-state index contributed by atoms with van der Waals surface area (Å²) in [6.07, 6.45) is -1.98. The molecule has 0 saturated carbocycles. The van der Waals surface area contributed by atoms with E-state index >= 15 is 0 Å². The van der Waals surface area contributed by atoms with Gasteiger partial charge in [0.25, 0.3) is 0 Å². The van der Waals surface area contributed by atoms with Crippen LogP contribution >= 0.6 is 21.6 Å². The maximum atomic E-state index is 13.0. The molecule has 1 aliphatic heterocycles. The van der Waals surface area contributed by atoms with E-state index in [1.54, 1.807) is 22.9 Å². The summed E-state index contributed by atoms with van der Waals surface area (Å²) in [5, 5.41) is 18.7. The number of amides is 1. The molecule has 0 spiro atoms. The molecule has 2 rings (SSSR count). The fourth-order valence-corrected chi connectivity index (χ4v) is 4.77. The number of likely N-dealkylation sites (tertiary alicyclic amines) is 1. The Morgan fingerprint density at radius 1 is 1.06 bits per heavy atom. The molecule has 0 radical (unpaired) electrons. The molecule has 1 aliphatic rings. The first-order valence-electron chi connectivity index (χ1n) is 10.0. The molecular weight excluding hydrogens is 488 g/mol. The maximum absolute atomic E-state index is 13.0. The van der Waals surface area contributed by atoms with Crippen molar-refractivity contribution in [2.45, 2.75) is 44.4 Å². The Labute approximate surface area is 196 Å². The highest BCUT2D eigenvalue weighted by Gasteiger charge is 2.38. The summed E-state index contributed by atoms with van der Waals surface area (Å²) in [5.74, 6) is -2.43. The van der Waals surface area contributed by atoms with Gasteiger partial charge in [0.15, 0.2) is 0 Å². The molecule has 1 saturated heterocycles. The monoisotopic (exact) mass is 514 g/mol. The third-order valence-electron chi connectivity index (χ3n) is 4.42. The number of aliphatic carboxylic acids is 2. The van der Waals surface area contributed by atoms with Gasteiger partial charge in [0.05, 0.1) is 12.5 Å². The van der Waals surface area contributed by atoms with Gasteiger partial charge in [0.2, 0.25) is 5.91 Å². The summed E-state index contributed by atoms with van der Waals surface area (Å²) < 4.78 is 44.8. The number of carbonyl (C=O) groups is 3. The zero-order chi connectivity index (χ0) is 24.9. The van der Waals surface area contributed by atoms with Crippen LogP contribution in [0.4, 0.5) is 17.6 Å². The van der Waals surface area contributed by atoms with Gasteiger partial charge in [-0.2, -0.15) is 13.2 Å². The number of hydrogen-bond acceptors (Lipinski definition) is 6. The summed E-state index contributed by atoms with van der Waals surface area (Å²) in [5.41, 5.74) is 1.01. The van der Waals surface area contributed by atoms with Gasteiger partial charge in [-0.25, -0.2) is 9.18 Å². The van der Waals surface area contributed by atoms with Crippen LogP contribution < -0.4 is 5.32 Å². The van der Waals surface area contributed by atoms with Gasteiger partial charge in [0, 0.05) is 24.6 Å². The van der Waals surface area contributed by atoms with Gasteiger partial charge in [-0.15, -0.1) is 0 Å². The van der Waals surface area contributed by atoms with Crippen molar-refractivity contribution < 1.29 is 42.2 Å². The number of carbonyl (C=O) groups excluding carboxylic acids is 1. The highest BCUT2D eigenvalue weighted by Crippen LogP contribution is 2.22. The fourth-order valence-electron chi connectivity index (χ4n) is 2.88. The second kappa shape index (κ2) is 15.0. The van der Waals surface area contributed by atoms with Crippen LogP contribution in [0.5, 0.6) is 0 Å². The molecular formula is C20H26F4N2O5S2. The number of carboxylic acid groups (broad SMARTS) is 2. The first-order valence-corrected chi connectivity index (χ1v) is 12.5. The van der Waals surface area contributed by atoms with Crippen molar-refractivity contribution in [1.82, 2.24) is 10.2 Å². The quantitative estimate of drug-likeness (QED) is 0.246. The molecule has 186 valence electrons. The molecule has 33 heavy (non-hydrogen) atoms. The summed E-state index contributed by atoms with van der Waals surface area (Å²) in [7, 11) is 3.09. The fraction of sp³-hybridized carbons (Fsp3) is 0.550. The van der Waals surface area contributed by atoms with Gasteiger partial charge >= 0.3 is 18.1 Å². The van der Waals surface area contributed by atoms with E-state index in [2.05, 4.69) is 10.2 Å². The van der Waals surface area contributed by atoms with E-state index in [1.165, 1.54) is 22.9 Å². The molecule has 1 amide bonds. The van der Waals surface area contributed by atoms with Crippen LogP contribution in [0.2, 0.25) is 0 Å². The second-order valence-electron chi connectivity index (χ2n) is 6.99. The van der Waals surface area contributed by atoms with Crippen LogP contribution in [-0.2, 0) is 20.9 Å². The summed E-state index contributed by atoms with van der Waals surface area (Å²) in [6, 6.07) is 6.30. The number of nitrogens with zero attached hydrogens (tertiary/aromatic N) is 1. The highest BCUT2D eigenvalue weighted by molar-refractivity contribution is 8.76. The third-order valence-corrected chi connectivity index (χ3v) is 6.83. The van der Waals surface area contributed by atoms with Gasteiger partial charge < -0.3 is 15.5 Å². The van der Waals surface area contributed by atoms with Crippen molar-refractivity contribution in [1.29, 1.82) is 0 Å². The number of nitrogens with one attached hydrogen (secondary N) is 1. The lowest BCUT2D eigenvalue weighted by atomic mass is 10.0. The van der Waals surface area contributed by atoms with Crippen LogP contribution in [0.1, 0.15) is 31.2 Å². The Hall–Kier alpha value is -1.99. The predicted octanol–water partition coefficient (Wildman–Crippen LogP) is 3.79. The van der Waals surface area contributed by atoms with Crippen molar-refractivity contribution in [3.8, 4) is 0 Å². The predicted molar refractivity (Wildman–Crippen MR) is 118 cm³/mol. The van der Waals surface area contributed by atoms with Crippen LogP contribution in [0.3, 0.4) is 0 Å². The van der Waals surface area contributed by atoms with Crippen molar-refractivity contribution in [3.05, 3.63) is 35.6 Å². The molecule has 1 unspecified atom stereocenters. The van der Waals surface area contributed by atoms with E-state index in [9.17, 15) is 27.2 Å². The van der Waals surface area contributed by atoms with Crippen molar-refractivity contribution in [2.24, 2.45) is 0 Å². The number of hydrogen-bond donors (Lipinski definition) is 3. The van der Waals surface area contributed by atoms with Gasteiger partial charge in [-0.05, 0) is 37.1 Å². The minimum atomic E-state index is -5.08. The summed E-state index contributed by atoms with van der Waals surface area (Å²) in [4.78, 5) is 34.0. The summed E-state index contributed by atoms with van der Waals surface area (Å²) in [6.45, 7) is 2.10. The number of alkyl halides is 3. The minimum absolute atomic E-state index is 0.0444. The van der Waals surface area contributed by atoms with Crippen molar-refractivity contribution >= 4 is 39.4 Å². The number of halogens is 4. The van der Waals surface area contributed by atoms with Crippen LogP contribution in [0.25, 0.3) is 0 Å². The Kier molecular flexibility index (Phi) is 13.2. The SMILES string of the molecule is O=C(O)C(F)(F)F.O=C(O)CCSSCCNC(=O)C1CCCCN1Cc1ccc(F)cc1. The number of carboxylic acids is 2. The molecule has 0 aromatic heterocycles. The Morgan fingerprint density at radius 3 is 2.24 bits per heavy atom. The first kappa shape index (κ1) is 29.0. The minimum Gasteiger partial charge on any atom is -0.481 e. The summed E-state index contributed by atoms with van der Waals surface area (Å²) >= 11 is 0. The van der Waals surface area contributed by atoms with E-state index in [0.717, 1.165) is 37.1 Å². The van der Waals surface area contributed by atoms with E-state index in [4.69, 9.17) is 15.0 Å². The Morgan fingerprint density at radius 2 is 1.67 bits per heavy atom. The topological polar surface area (TPSA) is 107 Å². The van der Waals surface area contributed by atoms with E-state index in [0.29, 0.717) is 18.8 Å². The zero-order valence-corrected chi connectivity index (χ0v) is 19.3. The molecule has 13 heteroatoms.